The molecule has 1 rings (SSSR count). The molecular weight excluding hydrogens is 443 g/mol. The summed E-state index contributed by atoms with van der Waals surface area (Å²) in [6.45, 7) is 2.16. The van der Waals surface area contributed by atoms with Crippen LogP contribution in [0.25, 0.3) is 0 Å². The van der Waals surface area contributed by atoms with Crippen molar-refractivity contribution in [3.8, 4) is 0 Å². The predicted octanol–water partition coefficient (Wildman–Crippen LogP) is 1.93. The summed E-state index contributed by atoms with van der Waals surface area (Å²) in [4.78, 5) is 15.2. The van der Waals surface area contributed by atoms with Gasteiger partial charge in [0.2, 0.25) is 10.4 Å². The molecule has 1 aromatic rings. The zero-order chi connectivity index (χ0) is 23.0. The number of rotatable bonds is 19. The molecule has 0 spiro atoms. The zero-order valence-electron chi connectivity index (χ0n) is 20.0. The van der Waals surface area contributed by atoms with Gasteiger partial charge in [-0.05, 0) is 19.3 Å². The number of unbranched alkanes of at least 4 members (excludes halogenated alkanes) is 9. The smallest absolute Gasteiger partial charge is 0.726 e. The Kier molecular flexibility index (Phi) is 18.7. The van der Waals surface area contributed by atoms with E-state index in [1.807, 2.05) is 4.57 Å². The van der Waals surface area contributed by atoms with Crippen molar-refractivity contribution >= 4 is 16.4 Å². The van der Waals surface area contributed by atoms with Crippen LogP contribution in [-0.4, -0.2) is 41.7 Å². The average Bonchev–Trinajstić information content (AvgIpc) is 3.25. The summed E-state index contributed by atoms with van der Waals surface area (Å²) in [5, 5.41) is 0. The predicted molar refractivity (Wildman–Crippen MR) is 118 cm³/mol. The summed E-state index contributed by atoms with van der Waals surface area (Å²) in [5.41, 5.74) is 0. The third kappa shape index (κ3) is 15.4. The number of imidazole rings is 1. The van der Waals surface area contributed by atoms with Gasteiger partial charge in [-0.3, -0.25) is 8.98 Å². The van der Waals surface area contributed by atoms with Crippen LogP contribution in [0.4, 0.5) is 0 Å². The molecule has 0 aromatic carbocycles. The summed E-state index contributed by atoms with van der Waals surface area (Å²) in [7, 11) is -3.40. The topological polar surface area (TPSA) is 111 Å². The third-order valence-electron chi connectivity index (χ3n) is 5.53. The van der Waals surface area contributed by atoms with Crippen LogP contribution in [0.1, 0.15) is 103 Å². The first kappa shape index (κ1) is 31.6. The van der Waals surface area contributed by atoms with Crippen molar-refractivity contribution in [3.63, 3.8) is 0 Å². The van der Waals surface area contributed by atoms with E-state index in [0.29, 0.717) is 19.3 Å². The van der Waals surface area contributed by atoms with Crippen molar-refractivity contribution in [2.75, 3.05) is 7.11 Å². The summed E-state index contributed by atoms with van der Waals surface area (Å²) >= 11 is 0. The number of methoxy groups -OCH3 is 1. The Hall–Kier alpha value is -0.450. The number of carbonyl (C=O) groups excluding carboxylic acids is 1. The second-order valence-corrected chi connectivity index (χ2v) is 9.07. The molecule has 2 unspecified atom stereocenters. The molecule has 0 fully saturated rings. The second kappa shape index (κ2) is 18.9. The minimum atomic E-state index is -4.79. The summed E-state index contributed by atoms with van der Waals surface area (Å²) < 4.78 is 45.6. The third-order valence-corrected chi connectivity index (χ3v) is 6.01. The molecule has 0 amide bonds. The maximum absolute atomic E-state index is 11.4. The monoisotopic (exact) mass is 482 g/mol. The molecule has 0 aliphatic rings. The molecule has 180 valence electrons. The number of ether oxygens (including phenoxy) is 1. The van der Waals surface area contributed by atoms with Crippen LogP contribution in [0.15, 0.2) is 18.7 Å². The molecular formula is C22H39N2NaO6S. The van der Waals surface area contributed by atoms with Gasteiger partial charge in [-0.15, -0.1) is 0 Å². The van der Waals surface area contributed by atoms with Crippen molar-refractivity contribution in [2.45, 2.75) is 109 Å². The van der Waals surface area contributed by atoms with E-state index in [0.717, 1.165) is 51.4 Å². The average molecular weight is 483 g/mol. The van der Waals surface area contributed by atoms with E-state index in [9.17, 15) is 17.8 Å². The van der Waals surface area contributed by atoms with Gasteiger partial charge in [0.05, 0.1) is 25.6 Å². The number of hydrogen-bond donors (Lipinski definition) is 0. The van der Waals surface area contributed by atoms with E-state index in [1.165, 1.54) is 26.4 Å². The molecule has 1 heterocycles. The molecule has 0 saturated heterocycles. The van der Waals surface area contributed by atoms with Crippen LogP contribution in [0.3, 0.4) is 0 Å². The quantitative estimate of drug-likeness (QED) is 0.0974. The molecule has 0 N–H and O–H groups in total. The first-order chi connectivity index (χ1) is 14.9. The minimum absolute atomic E-state index is 0. The Bertz CT molecular complexity index is 685. The summed E-state index contributed by atoms with van der Waals surface area (Å²) in [6.07, 6.45) is 17.1. The number of esters is 1. The first-order valence-corrected chi connectivity index (χ1v) is 12.9. The minimum Gasteiger partial charge on any atom is -0.726 e. The van der Waals surface area contributed by atoms with Crippen LogP contribution >= 0.6 is 0 Å². The van der Waals surface area contributed by atoms with Gasteiger partial charge in [-0.2, -0.15) is 0 Å². The fourth-order valence-corrected chi connectivity index (χ4v) is 4.36. The Morgan fingerprint density at radius 3 is 2.16 bits per heavy atom. The van der Waals surface area contributed by atoms with Gasteiger partial charge in [0.25, 0.3) is 0 Å². The fraction of sp³-hybridized carbons (Fsp3) is 0.818. The van der Waals surface area contributed by atoms with E-state index in [1.54, 1.807) is 18.7 Å². The van der Waals surface area contributed by atoms with Gasteiger partial charge in [0.1, 0.15) is 0 Å². The number of carbonyl (C=O) groups is 1. The van der Waals surface area contributed by atoms with Crippen LogP contribution < -0.4 is 29.6 Å². The number of aromatic nitrogens is 2. The van der Waals surface area contributed by atoms with E-state index < -0.39 is 16.5 Å². The molecule has 0 radical (unpaired) electrons. The van der Waals surface area contributed by atoms with Crippen LogP contribution in [0.5, 0.6) is 0 Å². The molecule has 0 saturated carbocycles. The Morgan fingerprint density at radius 1 is 1.00 bits per heavy atom. The Labute approximate surface area is 216 Å². The van der Waals surface area contributed by atoms with Gasteiger partial charge in [0, 0.05) is 18.8 Å². The molecule has 8 nitrogen and oxygen atoms in total. The number of hydrogen-bond acceptors (Lipinski definition) is 7. The molecule has 0 aliphatic heterocycles. The maximum Gasteiger partial charge on any atom is 1.00 e. The Balaban J connectivity index is 0.00000961. The van der Waals surface area contributed by atoms with Crippen LogP contribution in [0.2, 0.25) is 0 Å². The van der Waals surface area contributed by atoms with E-state index in [4.69, 9.17) is 4.18 Å². The zero-order valence-corrected chi connectivity index (χ0v) is 22.9. The second-order valence-electron chi connectivity index (χ2n) is 8.06. The maximum atomic E-state index is 11.4. The molecule has 1 aromatic heterocycles. The normalized spacial score (nSPS) is 13.3. The summed E-state index contributed by atoms with van der Waals surface area (Å²) in [6, 6.07) is -0.253. The van der Waals surface area contributed by atoms with Gasteiger partial charge < -0.3 is 13.9 Å². The SMILES string of the molecule is CCCCCCCCC(OS(=O)(=O)[O-])C(CCCCCCCC(=O)OC)n1ccnc1.[Na+]. The van der Waals surface area contributed by atoms with Crippen molar-refractivity contribution in [1.29, 1.82) is 0 Å². The molecule has 0 bridgehead atoms. The van der Waals surface area contributed by atoms with Gasteiger partial charge in [-0.25, -0.2) is 13.4 Å². The van der Waals surface area contributed by atoms with Crippen molar-refractivity contribution in [1.82, 2.24) is 9.55 Å². The van der Waals surface area contributed by atoms with Gasteiger partial charge in [0.15, 0.2) is 0 Å². The van der Waals surface area contributed by atoms with Gasteiger partial charge >= 0.3 is 35.5 Å². The summed E-state index contributed by atoms with van der Waals surface area (Å²) in [5.74, 6) is -0.186. The van der Waals surface area contributed by atoms with Crippen molar-refractivity contribution < 1.29 is 56.2 Å². The van der Waals surface area contributed by atoms with E-state index in [-0.39, 0.29) is 41.6 Å². The number of nitrogens with zero attached hydrogens (tertiary/aromatic N) is 2. The first-order valence-electron chi connectivity index (χ1n) is 11.6. The molecule has 10 heteroatoms. The molecule has 2 atom stereocenters. The molecule has 0 aliphatic carbocycles. The van der Waals surface area contributed by atoms with Gasteiger partial charge in [-0.1, -0.05) is 71.1 Å². The van der Waals surface area contributed by atoms with Crippen LogP contribution in [-0.2, 0) is 24.1 Å². The van der Waals surface area contributed by atoms with E-state index in [2.05, 4.69) is 16.6 Å². The standard InChI is InChI=1S/C22H40N2O6S.Na/c1-3-4-5-6-9-12-15-21(30-31(26,27)28)20(24-18-17-23-19-24)14-11-8-7-10-13-16-22(25)29-2;/h17-21H,3-16H2,1-2H3,(H,26,27,28);/q;+1/p-1. The van der Waals surface area contributed by atoms with E-state index >= 15 is 0 Å². The fourth-order valence-electron chi connectivity index (χ4n) is 3.83. The van der Waals surface area contributed by atoms with Crippen LogP contribution in [0, 0.1) is 0 Å². The Morgan fingerprint density at radius 2 is 1.59 bits per heavy atom. The molecule has 32 heavy (non-hydrogen) atoms. The van der Waals surface area contributed by atoms with Crippen molar-refractivity contribution in [2.24, 2.45) is 0 Å². The largest absolute Gasteiger partial charge is 1.00 e. The van der Waals surface area contributed by atoms with Crippen molar-refractivity contribution in [3.05, 3.63) is 18.7 Å².